The molecule has 1 aliphatic rings. The maximum atomic E-state index is 13.8. The van der Waals surface area contributed by atoms with Gasteiger partial charge in [0.15, 0.2) is 11.7 Å². The van der Waals surface area contributed by atoms with E-state index in [1.807, 2.05) is 0 Å². The number of hydrogen-bond acceptors (Lipinski definition) is 4. The Morgan fingerprint density at radius 3 is 2.71 bits per heavy atom. The van der Waals surface area contributed by atoms with Gasteiger partial charge in [-0.25, -0.2) is 4.68 Å². The minimum atomic E-state index is -4.55. The summed E-state index contributed by atoms with van der Waals surface area (Å²) in [6, 6.07) is 6.90. The topological polar surface area (TPSA) is 71.8 Å². The molecule has 0 fully saturated rings. The van der Waals surface area contributed by atoms with Crippen molar-refractivity contribution < 1.29 is 18.0 Å². The number of amides is 1. The zero-order chi connectivity index (χ0) is 22.2. The third kappa shape index (κ3) is 4.62. The Morgan fingerprint density at radius 2 is 2.03 bits per heavy atom. The van der Waals surface area contributed by atoms with E-state index in [4.69, 9.17) is 23.2 Å². The molecule has 0 radical (unpaired) electrons. The molecule has 0 bridgehead atoms. The van der Waals surface area contributed by atoms with Crippen LogP contribution in [-0.4, -0.2) is 26.8 Å². The maximum absolute atomic E-state index is 13.8. The summed E-state index contributed by atoms with van der Waals surface area (Å²) in [4.78, 5) is 16.4. The summed E-state index contributed by atoms with van der Waals surface area (Å²) < 4.78 is 42.2. The second kappa shape index (κ2) is 8.39. The van der Waals surface area contributed by atoms with E-state index in [-0.39, 0.29) is 29.5 Å². The fourth-order valence-electron chi connectivity index (χ4n) is 3.41. The largest absolute Gasteiger partial charge is 0.410 e. The van der Waals surface area contributed by atoms with Crippen molar-refractivity contribution >= 4 is 34.9 Å². The Morgan fingerprint density at radius 1 is 1.23 bits per heavy atom. The molecule has 1 aromatic carbocycles. The number of pyridine rings is 1. The molecule has 0 saturated carbocycles. The Kier molecular flexibility index (Phi) is 5.81. The van der Waals surface area contributed by atoms with Crippen LogP contribution in [0.4, 0.5) is 19.0 Å². The average Bonchev–Trinajstić information content (AvgIpc) is 3.17. The van der Waals surface area contributed by atoms with Crippen LogP contribution < -0.4 is 10.6 Å². The molecular weight excluding hydrogens is 454 g/mol. The Bertz CT molecular complexity index is 1100. The first-order chi connectivity index (χ1) is 14.7. The van der Waals surface area contributed by atoms with Crippen LogP contribution in [0.15, 0.2) is 48.8 Å². The number of carbonyl (C=O) groups excluding carboxylic acids is 1. The van der Waals surface area contributed by atoms with Crippen molar-refractivity contribution in [3.8, 4) is 0 Å². The van der Waals surface area contributed by atoms with Gasteiger partial charge in [0, 0.05) is 31.4 Å². The number of aromatic nitrogens is 3. The number of nitrogens with zero attached hydrogens (tertiary/aromatic N) is 3. The molecule has 3 heterocycles. The number of carbonyl (C=O) groups is 1. The van der Waals surface area contributed by atoms with Gasteiger partial charge in [0.2, 0.25) is 0 Å². The lowest BCUT2D eigenvalue weighted by Crippen LogP contribution is -2.35. The van der Waals surface area contributed by atoms with E-state index in [1.165, 1.54) is 18.2 Å². The quantitative estimate of drug-likeness (QED) is 0.552. The number of halogens is 5. The number of benzene rings is 1. The standard InChI is InChI=1S/C20H16Cl2F3N5O/c21-13-4-3-12(6-14(13)22)15-7-17(20(23,24)25)30-18(28-15)8-16(29-30)19(31)27-10-11-2-1-5-26-9-11/h1-6,8-9,15,17,28H,7,10H2,(H,27,31)/t15-,17+/m1/s1. The molecule has 6 nitrogen and oxygen atoms in total. The zero-order valence-corrected chi connectivity index (χ0v) is 17.3. The van der Waals surface area contributed by atoms with Gasteiger partial charge in [-0.1, -0.05) is 35.3 Å². The highest BCUT2D eigenvalue weighted by atomic mass is 35.5. The molecule has 162 valence electrons. The monoisotopic (exact) mass is 469 g/mol. The molecule has 31 heavy (non-hydrogen) atoms. The minimum absolute atomic E-state index is 0.0937. The van der Waals surface area contributed by atoms with Crippen LogP contribution in [0.3, 0.4) is 0 Å². The first-order valence-corrected chi connectivity index (χ1v) is 10.0. The van der Waals surface area contributed by atoms with E-state index >= 15 is 0 Å². The van der Waals surface area contributed by atoms with E-state index < -0.39 is 24.2 Å². The molecule has 1 aliphatic heterocycles. The summed E-state index contributed by atoms with van der Waals surface area (Å²) in [6.07, 6.45) is -1.68. The molecule has 1 amide bonds. The third-order valence-electron chi connectivity index (χ3n) is 4.94. The van der Waals surface area contributed by atoms with Crippen molar-refractivity contribution in [1.82, 2.24) is 20.1 Å². The summed E-state index contributed by atoms with van der Waals surface area (Å²) in [5, 5.41) is 10.1. The number of rotatable bonds is 4. The van der Waals surface area contributed by atoms with Gasteiger partial charge >= 0.3 is 6.18 Å². The van der Waals surface area contributed by atoms with Gasteiger partial charge in [-0.05, 0) is 29.3 Å². The highest BCUT2D eigenvalue weighted by Gasteiger charge is 2.46. The molecule has 2 N–H and O–H groups in total. The van der Waals surface area contributed by atoms with Gasteiger partial charge in [0.05, 0.1) is 16.1 Å². The third-order valence-corrected chi connectivity index (χ3v) is 5.68. The highest BCUT2D eigenvalue weighted by Crippen LogP contribution is 2.44. The maximum Gasteiger partial charge on any atom is 0.410 e. The lowest BCUT2D eigenvalue weighted by molar-refractivity contribution is -0.173. The Hall–Kier alpha value is -2.78. The summed E-state index contributed by atoms with van der Waals surface area (Å²) in [5.41, 5.74) is 1.19. The van der Waals surface area contributed by atoms with Crippen molar-refractivity contribution in [3.63, 3.8) is 0 Å². The van der Waals surface area contributed by atoms with E-state index in [0.29, 0.717) is 10.6 Å². The number of alkyl halides is 3. The van der Waals surface area contributed by atoms with Crippen molar-refractivity contribution in [3.05, 3.63) is 75.7 Å². The SMILES string of the molecule is O=C(NCc1cccnc1)c1cc2n(n1)[C@H](C(F)(F)F)C[C@H](c1ccc(Cl)c(Cl)c1)N2. The molecule has 2 aromatic heterocycles. The molecule has 0 saturated heterocycles. The van der Waals surface area contributed by atoms with E-state index in [9.17, 15) is 18.0 Å². The van der Waals surface area contributed by atoms with Crippen molar-refractivity contribution in [2.24, 2.45) is 0 Å². The van der Waals surface area contributed by atoms with Gasteiger partial charge < -0.3 is 10.6 Å². The lowest BCUT2D eigenvalue weighted by atomic mass is 9.97. The highest BCUT2D eigenvalue weighted by molar-refractivity contribution is 6.42. The van der Waals surface area contributed by atoms with Gasteiger partial charge in [-0.15, -0.1) is 0 Å². The molecule has 0 spiro atoms. The first kappa shape index (κ1) is 21.5. The van der Waals surface area contributed by atoms with Crippen molar-refractivity contribution in [2.45, 2.75) is 31.2 Å². The number of anilines is 1. The number of fused-ring (bicyclic) bond motifs is 1. The number of nitrogens with one attached hydrogen (secondary N) is 2. The second-order valence-corrected chi connectivity index (χ2v) is 7.88. The van der Waals surface area contributed by atoms with Crippen LogP contribution in [0.5, 0.6) is 0 Å². The first-order valence-electron chi connectivity index (χ1n) is 9.27. The van der Waals surface area contributed by atoms with Crippen LogP contribution in [0, 0.1) is 0 Å². The smallest absolute Gasteiger partial charge is 0.363 e. The molecule has 0 aliphatic carbocycles. The minimum Gasteiger partial charge on any atom is -0.363 e. The van der Waals surface area contributed by atoms with Crippen LogP contribution in [-0.2, 0) is 6.54 Å². The average molecular weight is 470 g/mol. The second-order valence-electron chi connectivity index (χ2n) is 7.07. The van der Waals surface area contributed by atoms with Gasteiger partial charge in [-0.2, -0.15) is 18.3 Å². The molecule has 11 heteroatoms. The predicted octanol–water partition coefficient (Wildman–Crippen LogP) is 5.18. The Balaban J connectivity index is 1.59. The predicted molar refractivity (Wildman–Crippen MR) is 110 cm³/mol. The van der Waals surface area contributed by atoms with Gasteiger partial charge in [0.25, 0.3) is 5.91 Å². The van der Waals surface area contributed by atoms with Crippen molar-refractivity contribution in [1.29, 1.82) is 0 Å². The lowest BCUT2D eigenvalue weighted by Gasteiger charge is -2.33. The fraction of sp³-hybridized carbons (Fsp3) is 0.250. The van der Waals surface area contributed by atoms with E-state index in [1.54, 1.807) is 30.6 Å². The summed E-state index contributed by atoms with van der Waals surface area (Å²) >= 11 is 12.0. The molecular formula is C20H16Cl2F3N5O. The van der Waals surface area contributed by atoms with E-state index in [0.717, 1.165) is 10.2 Å². The van der Waals surface area contributed by atoms with Crippen LogP contribution >= 0.6 is 23.2 Å². The summed E-state index contributed by atoms with van der Waals surface area (Å²) in [7, 11) is 0. The zero-order valence-electron chi connectivity index (χ0n) is 15.8. The summed E-state index contributed by atoms with van der Waals surface area (Å²) in [5.74, 6) is -0.490. The van der Waals surface area contributed by atoms with Crippen LogP contribution in [0.1, 0.15) is 40.1 Å². The van der Waals surface area contributed by atoms with Gasteiger partial charge in [0.1, 0.15) is 5.82 Å². The van der Waals surface area contributed by atoms with Crippen molar-refractivity contribution in [2.75, 3.05) is 5.32 Å². The summed E-state index contributed by atoms with van der Waals surface area (Å²) in [6.45, 7) is 0.177. The molecule has 0 unspecified atom stereocenters. The normalized spacial score (nSPS) is 18.2. The molecule has 2 atom stereocenters. The number of hydrogen-bond donors (Lipinski definition) is 2. The van der Waals surface area contributed by atoms with Gasteiger partial charge in [-0.3, -0.25) is 9.78 Å². The van der Waals surface area contributed by atoms with Crippen LogP contribution in [0.25, 0.3) is 0 Å². The van der Waals surface area contributed by atoms with E-state index in [2.05, 4.69) is 20.7 Å². The van der Waals surface area contributed by atoms with Crippen LogP contribution in [0.2, 0.25) is 10.0 Å². The Labute approximate surface area is 185 Å². The molecule has 3 aromatic rings. The fourth-order valence-corrected chi connectivity index (χ4v) is 3.71. The molecule has 4 rings (SSSR count).